The maximum absolute atomic E-state index is 13.1. The van der Waals surface area contributed by atoms with Crippen LogP contribution in [0.2, 0.25) is 0 Å². The molecule has 0 aromatic carbocycles. The number of nitrogens with one attached hydrogen (secondary N) is 1. The summed E-state index contributed by atoms with van der Waals surface area (Å²) < 4.78 is 5.84. The van der Waals surface area contributed by atoms with Crippen LogP contribution in [0.5, 0.6) is 0 Å². The van der Waals surface area contributed by atoms with E-state index in [9.17, 15) is 19.8 Å². The molecule has 0 aliphatic carbocycles. The minimum absolute atomic E-state index is 0.00000974. The molecule has 6 heteroatoms. The zero-order valence-electron chi connectivity index (χ0n) is 38.2. The molecule has 336 valence electrons. The maximum atomic E-state index is 13.1. The lowest BCUT2D eigenvalue weighted by molar-refractivity contribution is -0.150. The third-order valence-corrected chi connectivity index (χ3v) is 10.9. The van der Waals surface area contributed by atoms with Crippen molar-refractivity contribution in [3.8, 4) is 0 Å². The molecule has 0 bridgehead atoms. The van der Waals surface area contributed by atoms with Gasteiger partial charge < -0.3 is 20.3 Å². The predicted molar refractivity (Wildman–Crippen MR) is 250 cm³/mol. The number of hydrogen-bond donors (Lipinski definition) is 3. The van der Waals surface area contributed by atoms with Crippen molar-refractivity contribution in [3.05, 3.63) is 60.8 Å². The SMILES string of the molecule is CC/C=C\C/C=C\C/C=C\C/C=C\C/C=C\CC(CC(=O)NC(CO)C(O)CCCCCCCCCCCCCCCCC)OC(=O)CCCCCCCCCCC. The second kappa shape index (κ2) is 45.6. The minimum atomic E-state index is -0.811. The van der Waals surface area contributed by atoms with Gasteiger partial charge >= 0.3 is 5.97 Å². The van der Waals surface area contributed by atoms with E-state index in [2.05, 4.69) is 74.7 Å². The van der Waals surface area contributed by atoms with Crippen LogP contribution < -0.4 is 5.32 Å². The van der Waals surface area contributed by atoms with Gasteiger partial charge in [0.05, 0.1) is 25.2 Å². The van der Waals surface area contributed by atoms with Crippen LogP contribution in [0.1, 0.15) is 233 Å². The third kappa shape index (κ3) is 40.3. The van der Waals surface area contributed by atoms with Crippen LogP contribution in [0.4, 0.5) is 0 Å². The van der Waals surface area contributed by atoms with Crippen molar-refractivity contribution in [2.75, 3.05) is 6.61 Å². The zero-order valence-corrected chi connectivity index (χ0v) is 38.2. The summed E-state index contributed by atoms with van der Waals surface area (Å²) in [6.07, 6.45) is 55.8. The van der Waals surface area contributed by atoms with Gasteiger partial charge in [-0.3, -0.25) is 9.59 Å². The van der Waals surface area contributed by atoms with Gasteiger partial charge in [0, 0.05) is 12.8 Å². The fourth-order valence-electron chi connectivity index (χ4n) is 7.16. The van der Waals surface area contributed by atoms with E-state index in [1.807, 2.05) is 12.2 Å². The molecular weight excluding hydrogens is 719 g/mol. The highest BCUT2D eigenvalue weighted by molar-refractivity contribution is 5.77. The number of aliphatic hydroxyl groups is 2. The van der Waals surface area contributed by atoms with E-state index in [1.54, 1.807) is 0 Å². The molecule has 0 fully saturated rings. The monoisotopic (exact) mass is 812 g/mol. The summed E-state index contributed by atoms with van der Waals surface area (Å²) in [5.74, 6) is -0.581. The Hall–Kier alpha value is -2.44. The second-order valence-electron chi connectivity index (χ2n) is 16.5. The molecule has 0 heterocycles. The van der Waals surface area contributed by atoms with Crippen LogP contribution in [-0.4, -0.2) is 46.9 Å². The second-order valence-corrected chi connectivity index (χ2v) is 16.5. The smallest absolute Gasteiger partial charge is 0.306 e. The summed E-state index contributed by atoms with van der Waals surface area (Å²) in [4.78, 5) is 26.0. The van der Waals surface area contributed by atoms with Crippen molar-refractivity contribution in [1.29, 1.82) is 0 Å². The van der Waals surface area contributed by atoms with E-state index < -0.39 is 18.2 Å². The summed E-state index contributed by atoms with van der Waals surface area (Å²) >= 11 is 0. The van der Waals surface area contributed by atoms with Crippen molar-refractivity contribution in [1.82, 2.24) is 5.32 Å². The van der Waals surface area contributed by atoms with Crippen molar-refractivity contribution in [3.63, 3.8) is 0 Å². The molecule has 0 aliphatic heterocycles. The van der Waals surface area contributed by atoms with Gasteiger partial charge in [0.1, 0.15) is 6.10 Å². The lowest BCUT2D eigenvalue weighted by atomic mass is 10.0. The molecule has 0 aliphatic rings. The van der Waals surface area contributed by atoms with Crippen molar-refractivity contribution >= 4 is 11.9 Å². The van der Waals surface area contributed by atoms with Crippen molar-refractivity contribution in [2.24, 2.45) is 0 Å². The number of ether oxygens (including phenoxy) is 1. The first-order chi connectivity index (χ1) is 28.5. The van der Waals surface area contributed by atoms with Crippen LogP contribution in [0.15, 0.2) is 60.8 Å². The Morgan fingerprint density at radius 1 is 0.517 bits per heavy atom. The van der Waals surface area contributed by atoms with E-state index in [-0.39, 0.29) is 24.9 Å². The van der Waals surface area contributed by atoms with Gasteiger partial charge in [-0.25, -0.2) is 0 Å². The number of carbonyl (C=O) groups excluding carboxylic acids is 2. The van der Waals surface area contributed by atoms with E-state index >= 15 is 0 Å². The molecular formula is C52H93NO5. The predicted octanol–water partition coefficient (Wildman–Crippen LogP) is 14.5. The van der Waals surface area contributed by atoms with Crippen LogP contribution in [0.25, 0.3) is 0 Å². The molecule has 6 nitrogen and oxygen atoms in total. The van der Waals surface area contributed by atoms with Gasteiger partial charge in [0.2, 0.25) is 5.91 Å². The molecule has 0 spiro atoms. The van der Waals surface area contributed by atoms with E-state index in [1.165, 1.54) is 116 Å². The summed E-state index contributed by atoms with van der Waals surface area (Å²) in [5, 5.41) is 23.7. The fourth-order valence-corrected chi connectivity index (χ4v) is 7.16. The van der Waals surface area contributed by atoms with Gasteiger partial charge in [0.25, 0.3) is 0 Å². The van der Waals surface area contributed by atoms with Crippen LogP contribution >= 0.6 is 0 Å². The first-order valence-electron chi connectivity index (χ1n) is 24.5. The molecule has 1 amide bonds. The molecule has 0 aromatic heterocycles. The Labute approximate surface area is 358 Å². The van der Waals surface area contributed by atoms with Gasteiger partial charge in [-0.05, 0) is 44.9 Å². The summed E-state index contributed by atoms with van der Waals surface area (Å²) in [5.41, 5.74) is 0. The molecule has 0 aromatic rings. The number of rotatable bonds is 43. The number of esters is 1. The number of allylic oxidation sites excluding steroid dienone is 9. The summed E-state index contributed by atoms with van der Waals surface area (Å²) in [6.45, 7) is 6.32. The number of amides is 1. The number of aliphatic hydroxyl groups excluding tert-OH is 2. The molecule has 0 radical (unpaired) electrons. The lowest BCUT2D eigenvalue weighted by Gasteiger charge is -2.24. The Morgan fingerprint density at radius 3 is 1.31 bits per heavy atom. The Kier molecular flexibility index (Phi) is 43.7. The average molecular weight is 812 g/mol. The highest BCUT2D eigenvalue weighted by Crippen LogP contribution is 2.16. The number of carbonyl (C=O) groups is 2. The Bertz CT molecular complexity index is 1050. The maximum Gasteiger partial charge on any atom is 0.306 e. The zero-order chi connectivity index (χ0) is 42.4. The highest BCUT2D eigenvalue weighted by atomic mass is 16.5. The van der Waals surface area contributed by atoms with E-state index in [0.717, 1.165) is 70.6 Å². The molecule has 0 saturated carbocycles. The third-order valence-electron chi connectivity index (χ3n) is 10.9. The largest absolute Gasteiger partial charge is 0.461 e. The van der Waals surface area contributed by atoms with Crippen molar-refractivity contribution < 1.29 is 24.5 Å². The lowest BCUT2D eigenvalue weighted by Crippen LogP contribution is -2.46. The first-order valence-corrected chi connectivity index (χ1v) is 24.5. The standard InChI is InChI=1S/C52H93NO5/c1-4-7-10-13-16-19-21-23-25-27-29-32-34-37-40-43-48(58-52(57)45-42-39-36-31-18-15-12-9-6-3)46-51(56)53-49(47-54)50(55)44-41-38-35-33-30-28-26-24-22-20-17-14-11-8-5-2/h7,10,16,19,23,25,29,32,37,40,48-50,54-55H,4-6,8-9,11-15,17-18,20-22,24,26-28,30-31,33-36,38-39,41-47H2,1-3H3,(H,53,56)/b10-7-,19-16-,25-23-,32-29-,40-37-. The quantitative estimate of drug-likeness (QED) is 0.0324. The summed E-state index contributed by atoms with van der Waals surface area (Å²) in [7, 11) is 0. The molecule has 0 saturated heterocycles. The van der Waals surface area contributed by atoms with Crippen LogP contribution in [0, 0.1) is 0 Å². The van der Waals surface area contributed by atoms with E-state index in [4.69, 9.17) is 4.74 Å². The molecule has 58 heavy (non-hydrogen) atoms. The molecule has 3 N–H and O–H groups in total. The van der Waals surface area contributed by atoms with Gasteiger partial charge in [-0.15, -0.1) is 0 Å². The number of hydrogen-bond acceptors (Lipinski definition) is 5. The normalized spacial score (nSPS) is 13.8. The first kappa shape index (κ1) is 55.6. The molecule has 0 rings (SSSR count). The average Bonchev–Trinajstić information content (AvgIpc) is 3.22. The fraction of sp³-hybridized carbons (Fsp3) is 0.769. The molecule has 3 unspecified atom stereocenters. The van der Waals surface area contributed by atoms with Gasteiger partial charge in [-0.2, -0.15) is 0 Å². The van der Waals surface area contributed by atoms with E-state index in [0.29, 0.717) is 19.3 Å². The Balaban J connectivity index is 4.66. The number of unbranched alkanes of at least 4 members (excludes halogenated alkanes) is 22. The van der Waals surface area contributed by atoms with Gasteiger partial charge in [-0.1, -0.05) is 229 Å². The van der Waals surface area contributed by atoms with Crippen molar-refractivity contribution in [2.45, 2.75) is 251 Å². The topological polar surface area (TPSA) is 95.9 Å². The minimum Gasteiger partial charge on any atom is -0.461 e. The molecule has 3 atom stereocenters. The summed E-state index contributed by atoms with van der Waals surface area (Å²) in [6, 6.07) is -0.730. The van der Waals surface area contributed by atoms with Gasteiger partial charge in [0.15, 0.2) is 0 Å². The highest BCUT2D eigenvalue weighted by Gasteiger charge is 2.23. The van der Waals surface area contributed by atoms with Crippen LogP contribution in [-0.2, 0) is 14.3 Å². The van der Waals surface area contributed by atoms with Crippen LogP contribution in [0.3, 0.4) is 0 Å². The Morgan fingerprint density at radius 2 is 0.897 bits per heavy atom.